The van der Waals surface area contributed by atoms with Crippen LogP contribution in [0.3, 0.4) is 0 Å². The summed E-state index contributed by atoms with van der Waals surface area (Å²) in [6.45, 7) is 5.87. The predicted octanol–water partition coefficient (Wildman–Crippen LogP) is 1.98. The van der Waals surface area contributed by atoms with Gasteiger partial charge in [-0.25, -0.2) is 4.79 Å². The van der Waals surface area contributed by atoms with E-state index < -0.39 is 11.6 Å². The minimum absolute atomic E-state index is 0.0235. The summed E-state index contributed by atoms with van der Waals surface area (Å²) in [7, 11) is 0. The van der Waals surface area contributed by atoms with Crippen molar-refractivity contribution in [2.45, 2.75) is 45.6 Å². The molecular weight excluding hydrogens is 208 g/mol. The molecule has 0 amide bonds. The minimum Gasteiger partial charge on any atom is -0.494 e. The highest BCUT2D eigenvalue weighted by atomic mass is 16.5. The van der Waals surface area contributed by atoms with Crippen molar-refractivity contribution in [1.82, 2.24) is 0 Å². The fraction of sp³-hybridized carbons (Fsp3) is 0.667. The van der Waals surface area contributed by atoms with Gasteiger partial charge >= 0.3 is 5.97 Å². The molecular formula is C12H18O4. The summed E-state index contributed by atoms with van der Waals surface area (Å²) in [4.78, 5) is 23.1. The Bertz CT molecular complexity index is 319. The predicted molar refractivity (Wildman–Crippen MR) is 58.7 cm³/mol. The van der Waals surface area contributed by atoms with Crippen LogP contribution in [-0.2, 0) is 19.1 Å². The van der Waals surface area contributed by atoms with E-state index in [4.69, 9.17) is 9.47 Å². The second kappa shape index (κ2) is 5.14. The monoisotopic (exact) mass is 226 g/mol. The number of ether oxygens (including phenoxy) is 2. The molecule has 0 aromatic carbocycles. The van der Waals surface area contributed by atoms with Crippen molar-refractivity contribution in [2.24, 2.45) is 0 Å². The molecule has 0 aromatic rings. The van der Waals surface area contributed by atoms with E-state index in [1.807, 2.05) is 13.8 Å². The summed E-state index contributed by atoms with van der Waals surface area (Å²) < 4.78 is 10.2. The first-order valence-corrected chi connectivity index (χ1v) is 5.60. The number of carbonyl (C=O) groups is 2. The SMILES string of the molecule is CCCC1(C)CC(=O)C(C(=O)OCC)=CO1. The van der Waals surface area contributed by atoms with Crippen molar-refractivity contribution in [3.05, 3.63) is 11.8 Å². The van der Waals surface area contributed by atoms with Gasteiger partial charge in [0.2, 0.25) is 0 Å². The maximum Gasteiger partial charge on any atom is 0.344 e. The Labute approximate surface area is 95.6 Å². The molecule has 90 valence electrons. The quantitative estimate of drug-likeness (QED) is 0.543. The molecule has 0 fully saturated rings. The van der Waals surface area contributed by atoms with E-state index in [1.165, 1.54) is 6.26 Å². The van der Waals surface area contributed by atoms with E-state index in [1.54, 1.807) is 6.92 Å². The van der Waals surface area contributed by atoms with Crippen molar-refractivity contribution in [2.75, 3.05) is 6.61 Å². The molecule has 1 heterocycles. The van der Waals surface area contributed by atoms with Gasteiger partial charge in [-0.1, -0.05) is 13.3 Å². The summed E-state index contributed by atoms with van der Waals surface area (Å²) in [5.74, 6) is -0.785. The maximum atomic E-state index is 11.8. The van der Waals surface area contributed by atoms with Crippen molar-refractivity contribution < 1.29 is 19.1 Å². The lowest BCUT2D eigenvalue weighted by Crippen LogP contribution is -2.36. The van der Waals surface area contributed by atoms with E-state index in [0.29, 0.717) is 0 Å². The van der Waals surface area contributed by atoms with Gasteiger partial charge in [0.1, 0.15) is 17.4 Å². The van der Waals surface area contributed by atoms with Gasteiger partial charge in [-0.15, -0.1) is 0 Å². The molecule has 0 aliphatic carbocycles. The third kappa shape index (κ3) is 2.84. The van der Waals surface area contributed by atoms with E-state index in [9.17, 15) is 9.59 Å². The topological polar surface area (TPSA) is 52.6 Å². The van der Waals surface area contributed by atoms with Gasteiger partial charge in [0.05, 0.1) is 13.0 Å². The molecule has 4 nitrogen and oxygen atoms in total. The highest BCUT2D eigenvalue weighted by molar-refractivity contribution is 6.17. The number of hydrogen-bond acceptors (Lipinski definition) is 4. The van der Waals surface area contributed by atoms with E-state index in [-0.39, 0.29) is 24.4 Å². The van der Waals surface area contributed by atoms with Crippen LogP contribution in [0.5, 0.6) is 0 Å². The Morgan fingerprint density at radius 1 is 1.56 bits per heavy atom. The van der Waals surface area contributed by atoms with Gasteiger partial charge in [0.15, 0.2) is 5.78 Å². The second-order valence-corrected chi connectivity index (χ2v) is 4.17. The lowest BCUT2D eigenvalue weighted by Gasteiger charge is -2.31. The first kappa shape index (κ1) is 12.7. The van der Waals surface area contributed by atoms with E-state index >= 15 is 0 Å². The first-order valence-electron chi connectivity index (χ1n) is 5.60. The molecule has 16 heavy (non-hydrogen) atoms. The highest BCUT2D eigenvalue weighted by Crippen LogP contribution is 2.29. The molecule has 1 aliphatic heterocycles. The van der Waals surface area contributed by atoms with Crippen molar-refractivity contribution in [3.63, 3.8) is 0 Å². The number of hydrogen-bond donors (Lipinski definition) is 0. The number of esters is 1. The lowest BCUT2D eigenvalue weighted by molar-refractivity contribution is -0.142. The molecule has 1 aliphatic rings. The third-order valence-electron chi connectivity index (χ3n) is 2.57. The summed E-state index contributed by atoms with van der Waals surface area (Å²) in [6, 6.07) is 0. The van der Waals surface area contributed by atoms with Crippen molar-refractivity contribution in [1.29, 1.82) is 0 Å². The molecule has 0 spiro atoms. The number of Topliss-reactive ketones (excluding diaryl/α,β-unsaturated/α-hetero) is 1. The lowest BCUT2D eigenvalue weighted by atomic mass is 9.89. The summed E-state index contributed by atoms with van der Waals surface area (Å²) in [6.07, 6.45) is 3.22. The average Bonchev–Trinajstić information content (AvgIpc) is 2.17. The molecule has 0 bridgehead atoms. The van der Waals surface area contributed by atoms with Crippen LogP contribution in [0.25, 0.3) is 0 Å². The zero-order chi connectivity index (χ0) is 12.2. The standard InChI is InChI=1S/C12H18O4/c1-4-6-12(3)7-10(13)9(8-16-12)11(14)15-5-2/h8H,4-7H2,1-3H3. The zero-order valence-corrected chi connectivity index (χ0v) is 10.0. The maximum absolute atomic E-state index is 11.8. The smallest absolute Gasteiger partial charge is 0.344 e. The summed E-state index contributed by atoms with van der Waals surface area (Å²) in [5.41, 5.74) is -0.447. The number of ketones is 1. The molecule has 0 saturated heterocycles. The summed E-state index contributed by atoms with van der Waals surface area (Å²) in [5, 5.41) is 0. The average molecular weight is 226 g/mol. The fourth-order valence-electron chi connectivity index (χ4n) is 1.79. The molecule has 0 saturated carbocycles. The molecule has 0 aromatic heterocycles. The normalized spacial score (nSPS) is 24.7. The Hall–Kier alpha value is -1.32. The van der Waals surface area contributed by atoms with Crippen molar-refractivity contribution in [3.8, 4) is 0 Å². The highest BCUT2D eigenvalue weighted by Gasteiger charge is 2.36. The van der Waals surface area contributed by atoms with E-state index in [0.717, 1.165) is 12.8 Å². The van der Waals surface area contributed by atoms with Crippen molar-refractivity contribution >= 4 is 11.8 Å². The summed E-state index contributed by atoms with van der Waals surface area (Å²) >= 11 is 0. The van der Waals surface area contributed by atoms with E-state index in [2.05, 4.69) is 0 Å². The molecule has 4 heteroatoms. The molecule has 0 radical (unpaired) electrons. The molecule has 1 rings (SSSR count). The van der Waals surface area contributed by atoms with Gasteiger partial charge in [-0.2, -0.15) is 0 Å². The van der Waals surface area contributed by atoms with Gasteiger partial charge < -0.3 is 9.47 Å². The van der Waals surface area contributed by atoms with Crippen LogP contribution in [0.2, 0.25) is 0 Å². The van der Waals surface area contributed by atoms with Crippen LogP contribution >= 0.6 is 0 Å². The number of carbonyl (C=O) groups excluding carboxylic acids is 2. The molecule has 1 unspecified atom stereocenters. The second-order valence-electron chi connectivity index (χ2n) is 4.17. The van der Waals surface area contributed by atoms with Crippen LogP contribution < -0.4 is 0 Å². The molecule has 0 N–H and O–H groups in total. The van der Waals surface area contributed by atoms with Crippen LogP contribution in [0.1, 0.15) is 40.0 Å². The van der Waals surface area contributed by atoms with Crippen LogP contribution in [0.15, 0.2) is 11.8 Å². The van der Waals surface area contributed by atoms with Gasteiger partial charge in [-0.05, 0) is 20.3 Å². The Morgan fingerprint density at radius 3 is 2.75 bits per heavy atom. The van der Waals surface area contributed by atoms with Crippen LogP contribution in [0, 0.1) is 0 Å². The fourth-order valence-corrected chi connectivity index (χ4v) is 1.79. The Morgan fingerprint density at radius 2 is 2.25 bits per heavy atom. The largest absolute Gasteiger partial charge is 0.494 e. The van der Waals surface area contributed by atoms with Crippen LogP contribution in [-0.4, -0.2) is 24.0 Å². The zero-order valence-electron chi connectivity index (χ0n) is 10.0. The Kier molecular flexibility index (Phi) is 4.10. The van der Waals surface area contributed by atoms with Gasteiger partial charge in [0, 0.05) is 0 Å². The van der Waals surface area contributed by atoms with Gasteiger partial charge in [0.25, 0.3) is 0 Å². The Balaban J connectivity index is 2.75. The van der Waals surface area contributed by atoms with Crippen LogP contribution in [0.4, 0.5) is 0 Å². The third-order valence-corrected chi connectivity index (χ3v) is 2.57. The first-order chi connectivity index (χ1) is 7.52. The number of rotatable bonds is 4. The molecule has 1 atom stereocenters. The van der Waals surface area contributed by atoms with Gasteiger partial charge in [-0.3, -0.25) is 4.79 Å². The minimum atomic E-state index is -0.592.